The van der Waals surface area contributed by atoms with Crippen LogP contribution < -0.4 is 10.6 Å². The van der Waals surface area contributed by atoms with Gasteiger partial charge in [0, 0.05) is 17.4 Å². The molecule has 0 radical (unpaired) electrons. The highest BCUT2D eigenvalue weighted by molar-refractivity contribution is 6.39. The van der Waals surface area contributed by atoms with Crippen molar-refractivity contribution in [3.05, 3.63) is 70.1 Å². The van der Waals surface area contributed by atoms with Crippen molar-refractivity contribution in [1.82, 2.24) is 9.97 Å². The number of para-hydroxylation sites is 1. The molecule has 24 heavy (non-hydrogen) atoms. The van der Waals surface area contributed by atoms with E-state index in [0.717, 1.165) is 5.69 Å². The molecule has 0 saturated carbocycles. The number of aromatic nitrogens is 2. The Balaban J connectivity index is 1.87. The SMILES string of the molecule is Cc1cc(Nc2c(Cl)cccc2Cl)nc(Nc2ccc(F)cc2)n1. The first-order valence-electron chi connectivity index (χ1n) is 7.10. The van der Waals surface area contributed by atoms with Crippen LogP contribution in [0.1, 0.15) is 5.69 Å². The number of halogens is 3. The molecular formula is C17H13Cl2FN4. The Kier molecular flexibility index (Phi) is 4.83. The maximum atomic E-state index is 13.0. The molecule has 1 heterocycles. The van der Waals surface area contributed by atoms with Crippen molar-refractivity contribution >= 4 is 46.3 Å². The van der Waals surface area contributed by atoms with Crippen LogP contribution in [0.4, 0.5) is 27.5 Å². The number of hydrogen-bond acceptors (Lipinski definition) is 4. The minimum Gasteiger partial charge on any atom is -0.338 e. The van der Waals surface area contributed by atoms with Crippen molar-refractivity contribution in [3.63, 3.8) is 0 Å². The number of hydrogen-bond donors (Lipinski definition) is 2. The molecular weight excluding hydrogens is 350 g/mol. The van der Waals surface area contributed by atoms with Gasteiger partial charge in [0.15, 0.2) is 0 Å². The van der Waals surface area contributed by atoms with Gasteiger partial charge in [0.1, 0.15) is 11.6 Å². The van der Waals surface area contributed by atoms with E-state index in [9.17, 15) is 4.39 Å². The molecule has 3 rings (SSSR count). The minimum absolute atomic E-state index is 0.304. The van der Waals surface area contributed by atoms with Crippen molar-refractivity contribution in [2.24, 2.45) is 0 Å². The van der Waals surface area contributed by atoms with Crippen molar-refractivity contribution in [2.75, 3.05) is 10.6 Å². The predicted octanol–water partition coefficient (Wildman–Crippen LogP) is 5.72. The van der Waals surface area contributed by atoms with E-state index in [2.05, 4.69) is 20.6 Å². The van der Waals surface area contributed by atoms with Crippen LogP contribution in [0.15, 0.2) is 48.5 Å². The van der Waals surface area contributed by atoms with Gasteiger partial charge in [-0.2, -0.15) is 4.98 Å². The van der Waals surface area contributed by atoms with E-state index < -0.39 is 0 Å². The zero-order valence-electron chi connectivity index (χ0n) is 12.6. The topological polar surface area (TPSA) is 49.8 Å². The summed E-state index contributed by atoms with van der Waals surface area (Å²) in [4.78, 5) is 8.70. The van der Waals surface area contributed by atoms with Crippen molar-refractivity contribution < 1.29 is 4.39 Å². The Bertz CT molecular complexity index is 849. The molecule has 0 aliphatic carbocycles. The number of aryl methyl sites for hydroxylation is 1. The van der Waals surface area contributed by atoms with Gasteiger partial charge in [-0.25, -0.2) is 9.37 Å². The Labute approximate surface area is 148 Å². The molecule has 1 aromatic heterocycles. The molecule has 0 aliphatic heterocycles. The molecule has 3 aromatic rings. The van der Waals surface area contributed by atoms with Crippen molar-refractivity contribution in [1.29, 1.82) is 0 Å². The molecule has 0 saturated heterocycles. The van der Waals surface area contributed by atoms with Gasteiger partial charge in [0.2, 0.25) is 5.95 Å². The second kappa shape index (κ2) is 7.03. The molecule has 122 valence electrons. The summed E-state index contributed by atoms with van der Waals surface area (Å²) in [6.07, 6.45) is 0. The second-order valence-corrected chi connectivity index (χ2v) is 5.89. The van der Waals surface area contributed by atoms with Crippen LogP contribution in [0, 0.1) is 12.7 Å². The summed E-state index contributed by atoms with van der Waals surface area (Å²) in [5.41, 5.74) is 2.01. The number of anilines is 4. The minimum atomic E-state index is -0.304. The maximum absolute atomic E-state index is 13.0. The Morgan fingerprint density at radius 1 is 0.917 bits per heavy atom. The summed E-state index contributed by atoms with van der Waals surface area (Å²) >= 11 is 12.3. The highest BCUT2D eigenvalue weighted by atomic mass is 35.5. The van der Waals surface area contributed by atoms with E-state index in [1.54, 1.807) is 36.4 Å². The lowest BCUT2D eigenvalue weighted by Gasteiger charge is -2.12. The van der Waals surface area contributed by atoms with Crippen LogP contribution >= 0.6 is 23.2 Å². The van der Waals surface area contributed by atoms with E-state index in [0.29, 0.717) is 33.2 Å². The predicted molar refractivity (Wildman–Crippen MR) is 96.2 cm³/mol. The number of rotatable bonds is 4. The van der Waals surface area contributed by atoms with Gasteiger partial charge in [-0.15, -0.1) is 0 Å². The number of nitrogens with zero attached hydrogens (tertiary/aromatic N) is 2. The molecule has 0 aliphatic rings. The van der Waals surface area contributed by atoms with E-state index >= 15 is 0 Å². The Morgan fingerprint density at radius 2 is 1.58 bits per heavy atom. The summed E-state index contributed by atoms with van der Waals surface area (Å²) in [7, 11) is 0. The normalized spacial score (nSPS) is 10.5. The highest BCUT2D eigenvalue weighted by Crippen LogP contribution is 2.32. The average Bonchev–Trinajstić information content (AvgIpc) is 2.53. The molecule has 0 atom stereocenters. The molecule has 0 fully saturated rings. The molecule has 0 spiro atoms. The third-order valence-corrected chi connectivity index (χ3v) is 3.80. The lowest BCUT2D eigenvalue weighted by molar-refractivity contribution is 0.628. The molecule has 7 heteroatoms. The third kappa shape index (κ3) is 3.93. The average molecular weight is 363 g/mol. The zero-order valence-corrected chi connectivity index (χ0v) is 14.2. The van der Waals surface area contributed by atoms with Gasteiger partial charge in [0.25, 0.3) is 0 Å². The van der Waals surface area contributed by atoms with Crippen LogP contribution in [-0.2, 0) is 0 Å². The second-order valence-electron chi connectivity index (χ2n) is 5.07. The fourth-order valence-corrected chi connectivity index (χ4v) is 2.59. The zero-order chi connectivity index (χ0) is 17.1. The van der Waals surface area contributed by atoms with Gasteiger partial charge in [-0.1, -0.05) is 29.3 Å². The smallest absolute Gasteiger partial charge is 0.229 e. The largest absolute Gasteiger partial charge is 0.338 e. The van der Waals surface area contributed by atoms with E-state index in [1.165, 1.54) is 12.1 Å². The number of nitrogens with one attached hydrogen (secondary N) is 2. The molecule has 2 N–H and O–H groups in total. The quantitative estimate of drug-likeness (QED) is 0.623. The van der Waals surface area contributed by atoms with Gasteiger partial charge in [-0.05, 0) is 43.3 Å². The summed E-state index contributed by atoms with van der Waals surface area (Å²) < 4.78 is 13.0. The standard InChI is InChI=1S/C17H13Cl2FN4/c1-10-9-15(23-16-13(18)3-2-4-14(16)19)24-17(21-10)22-12-7-5-11(20)6-8-12/h2-9H,1H3,(H2,21,22,23,24). The molecule has 0 amide bonds. The van der Waals surface area contributed by atoms with Crippen molar-refractivity contribution in [3.8, 4) is 0 Å². The van der Waals surface area contributed by atoms with Crippen molar-refractivity contribution in [2.45, 2.75) is 6.92 Å². The fourth-order valence-electron chi connectivity index (χ4n) is 2.10. The Morgan fingerprint density at radius 3 is 2.25 bits per heavy atom. The first-order chi connectivity index (χ1) is 11.5. The van der Waals surface area contributed by atoms with Gasteiger partial charge in [-0.3, -0.25) is 0 Å². The lowest BCUT2D eigenvalue weighted by atomic mass is 10.3. The first kappa shape index (κ1) is 16.5. The first-order valence-corrected chi connectivity index (χ1v) is 7.86. The third-order valence-electron chi connectivity index (χ3n) is 3.17. The van der Waals surface area contributed by atoms with Crippen LogP contribution in [-0.4, -0.2) is 9.97 Å². The van der Waals surface area contributed by atoms with Gasteiger partial charge >= 0.3 is 0 Å². The van der Waals surface area contributed by atoms with E-state index in [-0.39, 0.29) is 5.82 Å². The summed E-state index contributed by atoms with van der Waals surface area (Å²) in [5, 5.41) is 7.12. The van der Waals surface area contributed by atoms with Gasteiger partial charge < -0.3 is 10.6 Å². The lowest BCUT2D eigenvalue weighted by Crippen LogP contribution is -2.03. The fraction of sp³-hybridized carbons (Fsp3) is 0.0588. The number of benzene rings is 2. The summed E-state index contributed by atoms with van der Waals surface area (Å²) in [6.45, 7) is 1.84. The van der Waals surface area contributed by atoms with Gasteiger partial charge in [0.05, 0.1) is 15.7 Å². The highest BCUT2D eigenvalue weighted by Gasteiger charge is 2.08. The summed E-state index contributed by atoms with van der Waals surface area (Å²) in [6, 6.07) is 13.0. The molecule has 0 bridgehead atoms. The van der Waals surface area contributed by atoms with Crippen LogP contribution in [0.2, 0.25) is 10.0 Å². The summed E-state index contributed by atoms with van der Waals surface area (Å²) in [5.74, 6) is 0.621. The monoisotopic (exact) mass is 362 g/mol. The van der Waals surface area contributed by atoms with E-state index in [1.807, 2.05) is 6.92 Å². The Hall–Kier alpha value is -2.37. The maximum Gasteiger partial charge on any atom is 0.229 e. The van der Waals surface area contributed by atoms with Crippen LogP contribution in [0.5, 0.6) is 0 Å². The van der Waals surface area contributed by atoms with Crippen LogP contribution in [0.3, 0.4) is 0 Å². The molecule has 2 aromatic carbocycles. The van der Waals surface area contributed by atoms with Crippen LogP contribution in [0.25, 0.3) is 0 Å². The molecule has 4 nitrogen and oxygen atoms in total. The molecule has 0 unspecified atom stereocenters. The van der Waals surface area contributed by atoms with E-state index in [4.69, 9.17) is 23.2 Å².